The molecule has 1 saturated heterocycles. The van der Waals surface area contributed by atoms with Crippen LogP contribution in [0.5, 0.6) is 11.5 Å². The first-order valence-electron chi connectivity index (χ1n) is 11.2. The van der Waals surface area contributed by atoms with Gasteiger partial charge in [-0.2, -0.15) is 0 Å². The van der Waals surface area contributed by atoms with E-state index in [1.165, 1.54) is 7.11 Å². The Morgan fingerprint density at radius 2 is 1.78 bits per heavy atom. The highest BCUT2D eigenvalue weighted by molar-refractivity contribution is 5.93. The van der Waals surface area contributed by atoms with Crippen molar-refractivity contribution >= 4 is 17.8 Å². The maximum atomic E-state index is 12.7. The van der Waals surface area contributed by atoms with E-state index in [1.54, 1.807) is 36.9 Å². The van der Waals surface area contributed by atoms with E-state index < -0.39 is 12.1 Å². The Labute approximate surface area is 190 Å². The van der Waals surface area contributed by atoms with Crippen molar-refractivity contribution in [2.45, 2.75) is 53.1 Å². The fraction of sp³-hybridized carbons (Fsp3) is 0.625. The highest BCUT2D eigenvalue weighted by Gasteiger charge is 2.31. The molecule has 0 spiro atoms. The standard InChI is InChI=1S/C24H35NO7/c1-6-30-23(27)18-9-12-25(13-10-18)22(26)17(4)32-24(28)19-7-8-20(21(15-19)29-5)31-14-11-16(2)3/h7-8,15-18H,6,9-14H2,1-5H3. The van der Waals surface area contributed by atoms with Crippen molar-refractivity contribution < 1.29 is 33.3 Å². The Kier molecular flexibility index (Phi) is 9.81. The molecular formula is C24H35NO7. The summed E-state index contributed by atoms with van der Waals surface area (Å²) in [6.07, 6.45) is 1.06. The molecule has 1 fully saturated rings. The lowest BCUT2D eigenvalue weighted by Gasteiger charge is -2.32. The van der Waals surface area contributed by atoms with E-state index in [-0.39, 0.29) is 23.4 Å². The summed E-state index contributed by atoms with van der Waals surface area (Å²) in [4.78, 5) is 38.8. The van der Waals surface area contributed by atoms with Gasteiger partial charge in [0.25, 0.3) is 5.91 Å². The Balaban J connectivity index is 1.91. The first-order valence-corrected chi connectivity index (χ1v) is 11.2. The van der Waals surface area contributed by atoms with Gasteiger partial charge in [0.1, 0.15) is 0 Å². The zero-order valence-corrected chi connectivity index (χ0v) is 19.7. The van der Waals surface area contributed by atoms with Crippen molar-refractivity contribution in [3.8, 4) is 11.5 Å². The normalized spacial score (nSPS) is 15.2. The van der Waals surface area contributed by atoms with Crippen molar-refractivity contribution in [3.05, 3.63) is 23.8 Å². The predicted octanol–water partition coefficient (Wildman–Crippen LogP) is 3.47. The highest BCUT2D eigenvalue weighted by Crippen LogP contribution is 2.29. The summed E-state index contributed by atoms with van der Waals surface area (Å²) >= 11 is 0. The molecule has 1 aromatic rings. The second kappa shape index (κ2) is 12.3. The molecule has 178 valence electrons. The van der Waals surface area contributed by atoms with Gasteiger partial charge < -0.3 is 23.8 Å². The van der Waals surface area contributed by atoms with Gasteiger partial charge in [-0.1, -0.05) is 13.8 Å². The van der Waals surface area contributed by atoms with Crippen molar-refractivity contribution in [1.29, 1.82) is 0 Å². The number of nitrogens with zero attached hydrogens (tertiary/aromatic N) is 1. The van der Waals surface area contributed by atoms with Crippen molar-refractivity contribution in [2.24, 2.45) is 11.8 Å². The van der Waals surface area contributed by atoms with Gasteiger partial charge in [-0.3, -0.25) is 9.59 Å². The Morgan fingerprint density at radius 1 is 1.09 bits per heavy atom. The van der Waals surface area contributed by atoms with Crippen LogP contribution in [0.25, 0.3) is 0 Å². The zero-order chi connectivity index (χ0) is 23.7. The average Bonchev–Trinajstić information content (AvgIpc) is 2.78. The van der Waals surface area contributed by atoms with Gasteiger partial charge in [-0.15, -0.1) is 0 Å². The Hall–Kier alpha value is -2.77. The molecule has 0 saturated carbocycles. The summed E-state index contributed by atoms with van der Waals surface area (Å²) in [5, 5.41) is 0. The molecule has 1 amide bonds. The molecule has 1 atom stereocenters. The van der Waals surface area contributed by atoms with Crippen molar-refractivity contribution in [3.63, 3.8) is 0 Å². The van der Waals surface area contributed by atoms with E-state index >= 15 is 0 Å². The molecule has 0 aliphatic carbocycles. The largest absolute Gasteiger partial charge is 0.493 e. The lowest BCUT2D eigenvalue weighted by Crippen LogP contribution is -2.45. The van der Waals surface area contributed by atoms with Crippen LogP contribution >= 0.6 is 0 Å². The van der Waals surface area contributed by atoms with E-state index in [1.807, 2.05) is 0 Å². The summed E-state index contributed by atoms with van der Waals surface area (Å²) in [5.74, 6) is 0.211. The first kappa shape index (κ1) is 25.5. The molecule has 32 heavy (non-hydrogen) atoms. The zero-order valence-electron chi connectivity index (χ0n) is 19.7. The summed E-state index contributed by atoms with van der Waals surface area (Å²) < 4.78 is 21.5. The van der Waals surface area contributed by atoms with E-state index in [4.69, 9.17) is 18.9 Å². The molecule has 2 rings (SSSR count). The Bertz CT molecular complexity index is 785. The van der Waals surface area contributed by atoms with E-state index in [0.717, 1.165) is 6.42 Å². The maximum Gasteiger partial charge on any atom is 0.339 e. The van der Waals surface area contributed by atoms with Crippen LogP contribution in [0.4, 0.5) is 0 Å². The third kappa shape index (κ3) is 7.14. The minimum Gasteiger partial charge on any atom is -0.493 e. The SMILES string of the molecule is CCOC(=O)C1CCN(C(=O)C(C)OC(=O)c2ccc(OCCC(C)C)c(OC)c2)CC1. The molecule has 0 aromatic heterocycles. The molecule has 1 aliphatic rings. The second-order valence-electron chi connectivity index (χ2n) is 8.30. The summed E-state index contributed by atoms with van der Waals surface area (Å²) in [5.41, 5.74) is 0.277. The van der Waals surface area contributed by atoms with E-state index in [0.29, 0.717) is 56.6 Å². The molecule has 0 bridgehead atoms. The smallest absolute Gasteiger partial charge is 0.339 e. The van der Waals surface area contributed by atoms with Crippen LogP contribution in [0.15, 0.2) is 18.2 Å². The molecule has 8 heteroatoms. The van der Waals surface area contributed by atoms with Crippen LogP contribution in [-0.4, -0.2) is 62.3 Å². The summed E-state index contributed by atoms with van der Waals surface area (Å²) in [6, 6.07) is 4.81. The van der Waals surface area contributed by atoms with Crippen LogP contribution in [0.1, 0.15) is 57.3 Å². The number of methoxy groups -OCH3 is 1. The first-order chi connectivity index (χ1) is 15.3. The lowest BCUT2D eigenvalue weighted by molar-refractivity contribution is -0.152. The van der Waals surface area contributed by atoms with Crippen LogP contribution < -0.4 is 9.47 Å². The third-order valence-electron chi connectivity index (χ3n) is 5.41. The minimum atomic E-state index is -0.936. The summed E-state index contributed by atoms with van der Waals surface area (Å²) in [6.45, 7) is 9.32. The van der Waals surface area contributed by atoms with Crippen LogP contribution in [0, 0.1) is 11.8 Å². The molecule has 1 aromatic carbocycles. The maximum absolute atomic E-state index is 12.7. The number of rotatable bonds is 10. The quantitative estimate of drug-likeness (QED) is 0.505. The van der Waals surface area contributed by atoms with Crippen molar-refractivity contribution in [2.75, 3.05) is 33.4 Å². The number of likely N-dealkylation sites (tertiary alicyclic amines) is 1. The highest BCUT2D eigenvalue weighted by atomic mass is 16.5. The molecule has 8 nitrogen and oxygen atoms in total. The number of hydrogen-bond donors (Lipinski definition) is 0. The van der Waals surface area contributed by atoms with E-state index in [2.05, 4.69) is 13.8 Å². The second-order valence-corrected chi connectivity index (χ2v) is 8.30. The fourth-order valence-corrected chi connectivity index (χ4v) is 3.45. The number of piperidine rings is 1. The summed E-state index contributed by atoms with van der Waals surface area (Å²) in [7, 11) is 1.51. The monoisotopic (exact) mass is 449 g/mol. The number of carbonyl (C=O) groups is 3. The number of esters is 2. The van der Waals surface area contributed by atoms with Gasteiger partial charge in [0, 0.05) is 13.1 Å². The topological polar surface area (TPSA) is 91.4 Å². The van der Waals surface area contributed by atoms with Gasteiger partial charge in [-0.05, 0) is 57.2 Å². The molecule has 0 radical (unpaired) electrons. The van der Waals surface area contributed by atoms with Gasteiger partial charge >= 0.3 is 11.9 Å². The number of hydrogen-bond acceptors (Lipinski definition) is 7. The number of benzene rings is 1. The lowest BCUT2D eigenvalue weighted by atomic mass is 9.97. The Morgan fingerprint density at radius 3 is 2.38 bits per heavy atom. The van der Waals surface area contributed by atoms with Crippen LogP contribution in [0.2, 0.25) is 0 Å². The van der Waals surface area contributed by atoms with Gasteiger partial charge in [-0.25, -0.2) is 4.79 Å². The molecule has 1 aliphatic heterocycles. The molecule has 1 heterocycles. The van der Waals surface area contributed by atoms with Crippen LogP contribution in [-0.2, 0) is 19.1 Å². The van der Waals surface area contributed by atoms with Gasteiger partial charge in [0.2, 0.25) is 0 Å². The number of carbonyl (C=O) groups excluding carboxylic acids is 3. The van der Waals surface area contributed by atoms with Crippen molar-refractivity contribution in [1.82, 2.24) is 4.90 Å². The van der Waals surface area contributed by atoms with Gasteiger partial charge in [0.15, 0.2) is 17.6 Å². The van der Waals surface area contributed by atoms with Gasteiger partial charge in [0.05, 0.1) is 31.8 Å². The third-order valence-corrected chi connectivity index (χ3v) is 5.41. The minimum absolute atomic E-state index is 0.189. The fourth-order valence-electron chi connectivity index (χ4n) is 3.45. The number of amides is 1. The molecule has 1 unspecified atom stereocenters. The molecular weight excluding hydrogens is 414 g/mol. The van der Waals surface area contributed by atoms with Crippen LogP contribution in [0.3, 0.4) is 0 Å². The predicted molar refractivity (Wildman–Crippen MR) is 119 cm³/mol. The van der Waals surface area contributed by atoms with E-state index in [9.17, 15) is 14.4 Å². The number of ether oxygens (including phenoxy) is 4. The average molecular weight is 450 g/mol. The molecule has 0 N–H and O–H groups in total.